The van der Waals surface area contributed by atoms with Gasteiger partial charge in [-0.3, -0.25) is 4.98 Å². The molecule has 124 valence electrons. The normalized spacial score (nSPS) is 10.0. The summed E-state index contributed by atoms with van der Waals surface area (Å²) in [6.07, 6.45) is 1.83. The highest BCUT2D eigenvalue weighted by molar-refractivity contribution is 5.86. The van der Waals surface area contributed by atoms with Crippen molar-refractivity contribution in [2.24, 2.45) is 0 Å². The first-order chi connectivity index (χ1) is 12.4. The largest absolute Gasteiger partial charge is 0.310 e. The zero-order chi connectivity index (χ0) is 17.5. The maximum Gasteiger partial charge on any atom is 0.0703 e. The van der Waals surface area contributed by atoms with Gasteiger partial charge in [0, 0.05) is 28.6 Å². The maximum absolute atomic E-state index is 4.41. The van der Waals surface area contributed by atoms with Gasteiger partial charge in [0.05, 0.1) is 5.52 Å². The lowest BCUT2D eigenvalue weighted by molar-refractivity contribution is 1.28. The van der Waals surface area contributed by atoms with Gasteiger partial charge in [0.1, 0.15) is 0 Å². The van der Waals surface area contributed by atoms with Crippen LogP contribution in [0.2, 0.25) is 0 Å². The van der Waals surface area contributed by atoms with Gasteiger partial charge in [-0.1, -0.05) is 56.3 Å². The Balaban J connectivity index is 0.000000880. The minimum absolute atomic E-state index is 1.01. The van der Waals surface area contributed by atoms with E-state index in [9.17, 15) is 0 Å². The van der Waals surface area contributed by atoms with E-state index in [2.05, 4.69) is 82.7 Å². The molecule has 4 aromatic rings. The standard InChI is InChI=1S/C21H16N2.C2H6/c1-3-9-18(10-4-1)23(19-11-5-2-6-12-19)20-13-14-21-17(16-20)8-7-15-22-21;1-2/h1-16H;1-2H3. The van der Waals surface area contributed by atoms with Crippen LogP contribution >= 0.6 is 0 Å². The van der Waals surface area contributed by atoms with E-state index in [0.29, 0.717) is 0 Å². The lowest BCUT2D eigenvalue weighted by atomic mass is 10.1. The van der Waals surface area contributed by atoms with Gasteiger partial charge in [0.25, 0.3) is 0 Å². The molecular weight excluding hydrogens is 304 g/mol. The molecule has 0 atom stereocenters. The second-order valence-electron chi connectivity index (χ2n) is 5.39. The number of para-hydroxylation sites is 2. The Morgan fingerprint density at radius 3 is 1.80 bits per heavy atom. The van der Waals surface area contributed by atoms with E-state index in [0.717, 1.165) is 28.0 Å². The van der Waals surface area contributed by atoms with E-state index >= 15 is 0 Å². The first-order valence-electron chi connectivity index (χ1n) is 8.67. The Morgan fingerprint density at radius 2 is 1.20 bits per heavy atom. The highest BCUT2D eigenvalue weighted by Crippen LogP contribution is 2.35. The molecule has 0 bridgehead atoms. The molecule has 0 amide bonds. The second kappa shape index (κ2) is 8.11. The third kappa shape index (κ3) is 3.69. The summed E-state index contributed by atoms with van der Waals surface area (Å²) >= 11 is 0. The van der Waals surface area contributed by atoms with Gasteiger partial charge in [0.2, 0.25) is 0 Å². The Labute approximate surface area is 149 Å². The average Bonchev–Trinajstić information content (AvgIpc) is 2.71. The van der Waals surface area contributed by atoms with Crippen molar-refractivity contribution in [3.63, 3.8) is 0 Å². The minimum atomic E-state index is 1.01. The van der Waals surface area contributed by atoms with Crippen molar-refractivity contribution in [2.45, 2.75) is 13.8 Å². The number of anilines is 3. The molecule has 2 nitrogen and oxygen atoms in total. The summed E-state index contributed by atoms with van der Waals surface area (Å²) in [6.45, 7) is 4.00. The first-order valence-corrected chi connectivity index (χ1v) is 8.67. The molecule has 3 aromatic carbocycles. The number of benzene rings is 3. The number of hydrogen-bond donors (Lipinski definition) is 0. The maximum atomic E-state index is 4.41. The Morgan fingerprint density at radius 1 is 0.600 bits per heavy atom. The van der Waals surface area contributed by atoms with Crippen LogP contribution in [-0.4, -0.2) is 4.98 Å². The van der Waals surface area contributed by atoms with Gasteiger partial charge in [-0.2, -0.15) is 0 Å². The number of hydrogen-bond acceptors (Lipinski definition) is 2. The number of aromatic nitrogens is 1. The average molecular weight is 326 g/mol. The first kappa shape index (κ1) is 16.7. The molecular formula is C23H22N2. The van der Waals surface area contributed by atoms with E-state index in [1.165, 1.54) is 0 Å². The third-order valence-electron chi connectivity index (χ3n) is 3.87. The van der Waals surface area contributed by atoms with Gasteiger partial charge >= 0.3 is 0 Å². The number of nitrogens with zero attached hydrogens (tertiary/aromatic N) is 2. The van der Waals surface area contributed by atoms with Crippen LogP contribution in [0.3, 0.4) is 0 Å². The molecule has 0 aliphatic carbocycles. The van der Waals surface area contributed by atoms with Crippen LogP contribution in [0.4, 0.5) is 17.1 Å². The summed E-state index contributed by atoms with van der Waals surface area (Å²) in [6, 6.07) is 31.3. The van der Waals surface area contributed by atoms with E-state index in [4.69, 9.17) is 0 Å². The minimum Gasteiger partial charge on any atom is -0.310 e. The number of pyridine rings is 1. The van der Waals surface area contributed by atoms with Crippen LogP contribution in [0, 0.1) is 0 Å². The van der Waals surface area contributed by atoms with E-state index in [1.54, 1.807) is 0 Å². The fourth-order valence-electron chi connectivity index (χ4n) is 2.80. The van der Waals surface area contributed by atoms with Gasteiger partial charge in [-0.25, -0.2) is 0 Å². The van der Waals surface area contributed by atoms with Gasteiger partial charge in [-0.15, -0.1) is 0 Å². The Hall–Kier alpha value is -3.13. The lowest BCUT2D eigenvalue weighted by Crippen LogP contribution is -2.09. The highest BCUT2D eigenvalue weighted by atomic mass is 15.1. The van der Waals surface area contributed by atoms with Crippen molar-refractivity contribution < 1.29 is 0 Å². The van der Waals surface area contributed by atoms with Crippen molar-refractivity contribution in [1.82, 2.24) is 4.98 Å². The molecule has 0 fully saturated rings. The highest BCUT2D eigenvalue weighted by Gasteiger charge is 2.12. The van der Waals surface area contributed by atoms with E-state index in [1.807, 2.05) is 38.2 Å². The molecule has 0 N–H and O–H groups in total. The predicted molar refractivity (Wildman–Crippen MR) is 108 cm³/mol. The Bertz CT molecular complexity index is 878. The second-order valence-corrected chi connectivity index (χ2v) is 5.39. The summed E-state index contributed by atoms with van der Waals surface area (Å²) in [7, 11) is 0. The van der Waals surface area contributed by atoms with Gasteiger partial charge in [-0.05, 0) is 48.5 Å². The summed E-state index contributed by atoms with van der Waals surface area (Å²) in [5.74, 6) is 0. The van der Waals surface area contributed by atoms with E-state index in [-0.39, 0.29) is 0 Å². The molecule has 0 saturated carbocycles. The topological polar surface area (TPSA) is 16.1 Å². The lowest BCUT2D eigenvalue weighted by Gasteiger charge is -2.25. The fraction of sp³-hybridized carbons (Fsp3) is 0.0870. The molecule has 0 spiro atoms. The van der Waals surface area contributed by atoms with Crippen LogP contribution in [0.5, 0.6) is 0 Å². The van der Waals surface area contributed by atoms with Crippen molar-refractivity contribution in [1.29, 1.82) is 0 Å². The molecule has 1 heterocycles. The fourth-order valence-corrected chi connectivity index (χ4v) is 2.80. The molecule has 0 saturated heterocycles. The summed E-state index contributed by atoms with van der Waals surface area (Å²) in [4.78, 5) is 6.67. The zero-order valence-corrected chi connectivity index (χ0v) is 14.6. The van der Waals surface area contributed by atoms with Gasteiger partial charge < -0.3 is 4.90 Å². The third-order valence-corrected chi connectivity index (χ3v) is 3.87. The Kier molecular flexibility index (Phi) is 5.43. The molecule has 1 aromatic heterocycles. The van der Waals surface area contributed by atoms with Crippen molar-refractivity contribution >= 4 is 28.0 Å². The molecule has 2 heteroatoms. The van der Waals surface area contributed by atoms with Crippen LogP contribution in [0.1, 0.15) is 13.8 Å². The number of rotatable bonds is 3. The zero-order valence-electron chi connectivity index (χ0n) is 14.6. The van der Waals surface area contributed by atoms with Crippen molar-refractivity contribution in [2.75, 3.05) is 4.90 Å². The number of fused-ring (bicyclic) bond motifs is 1. The van der Waals surface area contributed by atoms with Crippen molar-refractivity contribution in [3.8, 4) is 0 Å². The SMILES string of the molecule is CC.c1ccc(N(c2ccccc2)c2ccc3ncccc3c2)cc1. The van der Waals surface area contributed by atoms with Gasteiger partial charge in [0.15, 0.2) is 0 Å². The summed E-state index contributed by atoms with van der Waals surface area (Å²) < 4.78 is 0. The van der Waals surface area contributed by atoms with Crippen molar-refractivity contribution in [3.05, 3.63) is 97.2 Å². The molecule has 0 radical (unpaired) electrons. The summed E-state index contributed by atoms with van der Waals surface area (Å²) in [5, 5.41) is 1.14. The van der Waals surface area contributed by atoms with Crippen LogP contribution in [0.25, 0.3) is 10.9 Å². The van der Waals surface area contributed by atoms with Crippen LogP contribution in [-0.2, 0) is 0 Å². The van der Waals surface area contributed by atoms with Crippen LogP contribution < -0.4 is 4.90 Å². The monoisotopic (exact) mass is 326 g/mol. The molecule has 0 unspecified atom stereocenters. The molecule has 25 heavy (non-hydrogen) atoms. The summed E-state index contributed by atoms with van der Waals surface area (Å²) in [5.41, 5.74) is 4.42. The predicted octanol–water partition coefficient (Wildman–Crippen LogP) is 6.73. The smallest absolute Gasteiger partial charge is 0.0703 e. The molecule has 4 rings (SSSR count). The van der Waals surface area contributed by atoms with Crippen LogP contribution in [0.15, 0.2) is 97.2 Å². The molecule has 0 aliphatic rings. The molecule has 0 aliphatic heterocycles. The quantitative estimate of drug-likeness (QED) is 0.415. The van der Waals surface area contributed by atoms with E-state index < -0.39 is 0 Å².